The molecule has 0 aromatic heterocycles. The number of aliphatic hydroxyl groups excluding tert-OH is 1. The number of rotatable bonds is 5. The Labute approximate surface area is 115 Å². The minimum atomic E-state index is -0.388. The van der Waals surface area contributed by atoms with Crippen LogP contribution in [0.15, 0.2) is 42.5 Å². The van der Waals surface area contributed by atoms with Crippen molar-refractivity contribution in [1.82, 2.24) is 0 Å². The molecule has 2 nitrogen and oxygen atoms in total. The first-order valence-corrected chi connectivity index (χ1v) is 7.04. The fourth-order valence-electron chi connectivity index (χ4n) is 2.66. The van der Waals surface area contributed by atoms with Crippen molar-refractivity contribution in [1.29, 1.82) is 0 Å². The third-order valence-electron chi connectivity index (χ3n) is 4.12. The average Bonchev–Trinajstić information content (AvgIpc) is 2.47. The van der Waals surface area contributed by atoms with E-state index in [1.807, 2.05) is 18.2 Å². The summed E-state index contributed by atoms with van der Waals surface area (Å²) in [5.41, 5.74) is 7.09. The Hall–Kier alpha value is -1.38. The average molecular weight is 257 g/mol. The quantitative estimate of drug-likeness (QED) is 0.863. The monoisotopic (exact) mass is 257 g/mol. The maximum atomic E-state index is 10.5. The summed E-state index contributed by atoms with van der Waals surface area (Å²) in [5.74, 6) is 0.258. The zero-order valence-electron chi connectivity index (χ0n) is 11.7. The van der Waals surface area contributed by atoms with Gasteiger partial charge < -0.3 is 10.8 Å². The van der Waals surface area contributed by atoms with Gasteiger partial charge in [0.1, 0.15) is 0 Å². The predicted octanol–water partition coefficient (Wildman–Crippen LogP) is 3.29. The molecule has 102 valence electrons. The molecular formula is C17H23NO. The molecule has 0 spiro atoms. The van der Waals surface area contributed by atoms with Crippen molar-refractivity contribution in [3.63, 3.8) is 0 Å². The van der Waals surface area contributed by atoms with E-state index >= 15 is 0 Å². The minimum absolute atomic E-state index is 0.000972. The van der Waals surface area contributed by atoms with Gasteiger partial charge in [-0.05, 0) is 22.3 Å². The molecule has 2 rings (SSSR count). The smallest absolute Gasteiger partial charge is 0.0646 e. The van der Waals surface area contributed by atoms with Crippen LogP contribution in [-0.2, 0) is 0 Å². The first-order chi connectivity index (χ1) is 9.19. The molecule has 0 amide bonds. The second-order valence-electron chi connectivity index (χ2n) is 5.29. The molecule has 2 heteroatoms. The van der Waals surface area contributed by atoms with Gasteiger partial charge >= 0.3 is 0 Å². The van der Waals surface area contributed by atoms with Gasteiger partial charge in [0.2, 0.25) is 0 Å². The van der Waals surface area contributed by atoms with E-state index in [1.165, 1.54) is 10.8 Å². The molecule has 0 bridgehead atoms. The molecule has 0 aliphatic carbocycles. The summed E-state index contributed by atoms with van der Waals surface area (Å²) < 4.78 is 0. The number of nitrogens with two attached hydrogens (primary N) is 1. The van der Waals surface area contributed by atoms with Crippen LogP contribution < -0.4 is 5.73 Å². The molecule has 19 heavy (non-hydrogen) atoms. The largest absolute Gasteiger partial charge is 0.392 e. The number of hydrogen-bond donors (Lipinski definition) is 2. The summed E-state index contributed by atoms with van der Waals surface area (Å²) in [5, 5.41) is 12.9. The molecule has 0 heterocycles. The molecule has 3 unspecified atom stereocenters. The van der Waals surface area contributed by atoms with Gasteiger partial charge in [-0.1, -0.05) is 62.7 Å². The summed E-state index contributed by atoms with van der Waals surface area (Å²) in [6.45, 7) is 4.66. The minimum Gasteiger partial charge on any atom is -0.392 e. The molecule has 2 aromatic rings. The zero-order valence-corrected chi connectivity index (χ0v) is 11.7. The van der Waals surface area contributed by atoms with Gasteiger partial charge in [-0.2, -0.15) is 0 Å². The summed E-state index contributed by atoms with van der Waals surface area (Å²) >= 11 is 0. The standard InChI is InChI=1S/C17H23NO/c1-3-12(2)17(19)16(11-18)15-10-6-8-13-7-4-5-9-14(13)15/h4-10,12,16-17,19H,3,11,18H2,1-2H3. The van der Waals surface area contributed by atoms with Gasteiger partial charge in [0.15, 0.2) is 0 Å². The lowest BCUT2D eigenvalue weighted by atomic mass is 9.83. The highest BCUT2D eigenvalue weighted by Crippen LogP contribution is 2.30. The summed E-state index contributed by atoms with van der Waals surface area (Å²) in [6.07, 6.45) is 0.573. The predicted molar refractivity (Wildman–Crippen MR) is 81.2 cm³/mol. The Morgan fingerprint density at radius 1 is 1.11 bits per heavy atom. The Morgan fingerprint density at radius 2 is 1.79 bits per heavy atom. The van der Waals surface area contributed by atoms with Crippen LogP contribution in [0.2, 0.25) is 0 Å². The Balaban J connectivity index is 2.46. The first-order valence-electron chi connectivity index (χ1n) is 7.04. The van der Waals surface area contributed by atoms with Crippen LogP contribution >= 0.6 is 0 Å². The van der Waals surface area contributed by atoms with Crippen molar-refractivity contribution in [3.05, 3.63) is 48.0 Å². The van der Waals surface area contributed by atoms with E-state index in [9.17, 15) is 5.11 Å². The fraction of sp³-hybridized carbons (Fsp3) is 0.412. The van der Waals surface area contributed by atoms with Gasteiger partial charge in [-0.15, -0.1) is 0 Å². The maximum absolute atomic E-state index is 10.5. The summed E-state index contributed by atoms with van der Waals surface area (Å²) in [6, 6.07) is 14.5. The van der Waals surface area contributed by atoms with Crippen LogP contribution in [0.5, 0.6) is 0 Å². The van der Waals surface area contributed by atoms with Crippen molar-refractivity contribution >= 4 is 10.8 Å². The van der Waals surface area contributed by atoms with E-state index < -0.39 is 0 Å². The SMILES string of the molecule is CCC(C)C(O)C(CN)c1cccc2ccccc12. The van der Waals surface area contributed by atoms with Crippen molar-refractivity contribution in [2.24, 2.45) is 11.7 Å². The van der Waals surface area contributed by atoms with Crippen molar-refractivity contribution < 1.29 is 5.11 Å². The van der Waals surface area contributed by atoms with E-state index in [2.05, 4.69) is 38.1 Å². The van der Waals surface area contributed by atoms with Crippen LogP contribution in [-0.4, -0.2) is 17.8 Å². The van der Waals surface area contributed by atoms with E-state index in [4.69, 9.17) is 5.73 Å². The summed E-state index contributed by atoms with van der Waals surface area (Å²) in [4.78, 5) is 0. The summed E-state index contributed by atoms with van der Waals surface area (Å²) in [7, 11) is 0. The van der Waals surface area contributed by atoms with Crippen LogP contribution in [0.3, 0.4) is 0 Å². The zero-order chi connectivity index (χ0) is 13.8. The molecule has 3 N–H and O–H groups in total. The van der Waals surface area contributed by atoms with Crippen LogP contribution in [0.1, 0.15) is 31.7 Å². The highest BCUT2D eigenvalue weighted by Gasteiger charge is 2.25. The topological polar surface area (TPSA) is 46.2 Å². The number of aliphatic hydroxyl groups is 1. The number of benzene rings is 2. The van der Waals surface area contributed by atoms with Crippen molar-refractivity contribution in [2.75, 3.05) is 6.54 Å². The van der Waals surface area contributed by atoms with Crippen molar-refractivity contribution in [3.8, 4) is 0 Å². The molecule has 2 aromatic carbocycles. The van der Waals surface area contributed by atoms with Crippen LogP contribution in [0.4, 0.5) is 0 Å². The normalized spacial score (nSPS) is 16.2. The van der Waals surface area contributed by atoms with Crippen molar-refractivity contribution in [2.45, 2.75) is 32.3 Å². The molecule has 0 saturated carbocycles. The molecule has 3 atom stereocenters. The first kappa shape index (κ1) is 14.0. The maximum Gasteiger partial charge on any atom is 0.0646 e. The van der Waals surface area contributed by atoms with Crippen LogP contribution in [0, 0.1) is 5.92 Å². The van der Waals surface area contributed by atoms with Gasteiger partial charge in [-0.25, -0.2) is 0 Å². The third-order valence-corrected chi connectivity index (χ3v) is 4.12. The molecule has 0 radical (unpaired) electrons. The number of hydrogen-bond acceptors (Lipinski definition) is 2. The van der Waals surface area contributed by atoms with Crippen LogP contribution in [0.25, 0.3) is 10.8 Å². The highest BCUT2D eigenvalue weighted by molar-refractivity contribution is 5.86. The van der Waals surface area contributed by atoms with E-state index in [0.717, 1.165) is 12.0 Å². The second kappa shape index (κ2) is 6.18. The van der Waals surface area contributed by atoms with Gasteiger partial charge in [0.05, 0.1) is 6.10 Å². The highest BCUT2D eigenvalue weighted by atomic mass is 16.3. The van der Waals surface area contributed by atoms with E-state index in [-0.39, 0.29) is 17.9 Å². The van der Waals surface area contributed by atoms with E-state index in [1.54, 1.807) is 0 Å². The lowest BCUT2D eigenvalue weighted by Crippen LogP contribution is -2.31. The van der Waals surface area contributed by atoms with Gasteiger partial charge in [0.25, 0.3) is 0 Å². The molecule has 0 aliphatic heterocycles. The molecule has 0 saturated heterocycles. The number of fused-ring (bicyclic) bond motifs is 1. The lowest BCUT2D eigenvalue weighted by Gasteiger charge is -2.27. The third kappa shape index (κ3) is 2.80. The molecular weight excluding hydrogens is 234 g/mol. The molecule has 0 fully saturated rings. The lowest BCUT2D eigenvalue weighted by molar-refractivity contribution is 0.0890. The fourth-order valence-corrected chi connectivity index (χ4v) is 2.66. The van der Waals surface area contributed by atoms with Gasteiger partial charge in [-0.3, -0.25) is 0 Å². The Morgan fingerprint density at radius 3 is 2.47 bits per heavy atom. The van der Waals surface area contributed by atoms with Gasteiger partial charge in [0, 0.05) is 12.5 Å². The Kier molecular flexibility index (Phi) is 4.56. The Bertz CT molecular complexity index is 532. The second-order valence-corrected chi connectivity index (χ2v) is 5.29. The van der Waals surface area contributed by atoms with E-state index in [0.29, 0.717) is 6.54 Å². The molecule has 0 aliphatic rings.